The van der Waals surface area contributed by atoms with Crippen molar-refractivity contribution in [3.05, 3.63) is 70.1 Å². The Hall–Kier alpha value is -3.39. The molecule has 0 aromatic heterocycles. The lowest BCUT2D eigenvalue weighted by molar-refractivity contribution is -0.115. The molecule has 1 aliphatic heterocycles. The maximum Gasteiger partial charge on any atom is 0.338 e. The SMILES string of the molecule is CCOC(=O)c1ccc(N=C2NC(=O)/C(=C\c3ccccc3C(=O)O)S2)cc1. The number of rotatable bonds is 5. The van der Waals surface area contributed by atoms with Gasteiger partial charge in [0.1, 0.15) is 0 Å². The number of amidine groups is 1. The van der Waals surface area contributed by atoms with Crippen LogP contribution in [0.1, 0.15) is 33.2 Å². The lowest BCUT2D eigenvalue weighted by atomic mass is 10.1. The molecule has 142 valence electrons. The van der Waals surface area contributed by atoms with Crippen LogP contribution in [0.3, 0.4) is 0 Å². The van der Waals surface area contributed by atoms with E-state index in [0.717, 1.165) is 11.8 Å². The molecule has 0 radical (unpaired) electrons. The van der Waals surface area contributed by atoms with Gasteiger partial charge in [-0.05, 0) is 60.7 Å². The highest BCUT2D eigenvalue weighted by Gasteiger charge is 2.24. The van der Waals surface area contributed by atoms with E-state index in [1.165, 1.54) is 12.1 Å². The Morgan fingerprint density at radius 3 is 2.57 bits per heavy atom. The molecular weight excluding hydrogens is 380 g/mol. The van der Waals surface area contributed by atoms with E-state index < -0.39 is 11.9 Å². The minimum absolute atomic E-state index is 0.114. The molecule has 0 aliphatic carbocycles. The fraction of sp³-hybridized carbons (Fsp3) is 0.100. The third-order valence-corrected chi connectivity index (χ3v) is 4.65. The number of ether oxygens (including phenoxy) is 1. The van der Waals surface area contributed by atoms with Crippen LogP contribution in [0, 0.1) is 0 Å². The van der Waals surface area contributed by atoms with E-state index in [-0.39, 0.29) is 11.5 Å². The summed E-state index contributed by atoms with van der Waals surface area (Å²) in [6.07, 6.45) is 1.52. The fourth-order valence-corrected chi connectivity index (χ4v) is 3.28. The van der Waals surface area contributed by atoms with Crippen molar-refractivity contribution in [1.29, 1.82) is 0 Å². The number of carboxylic acid groups (broad SMARTS) is 1. The minimum Gasteiger partial charge on any atom is -0.478 e. The first-order valence-corrected chi connectivity index (χ1v) is 9.18. The van der Waals surface area contributed by atoms with Crippen molar-refractivity contribution in [2.45, 2.75) is 6.92 Å². The molecule has 0 bridgehead atoms. The van der Waals surface area contributed by atoms with Crippen molar-refractivity contribution < 1.29 is 24.2 Å². The number of carboxylic acids is 1. The van der Waals surface area contributed by atoms with Gasteiger partial charge in [-0.3, -0.25) is 4.79 Å². The molecule has 1 heterocycles. The summed E-state index contributed by atoms with van der Waals surface area (Å²) in [5.41, 5.74) is 1.53. The first-order valence-electron chi connectivity index (χ1n) is 8.37. The zero-order valence-electron chi connectivity index (χ0n) is 14.8. The van der Waals surface area contributed by atoms with E-state index in [0.29, 0.717) is 33.5 Å². The number of aliphatic imine (C=N–C) groups is 1. The predicted octanol–water partition coefficient (Wildman–Crippen LogP) is 3.45. The Morgan fingerprint density at radius 1 is 1.18 bits per heavy atom. The zero-order chi connectivity index (χ0) is 20.1. The smallest absolute Gasteiger partial charge is 0.338 e. The number of hydrogen-bond acceptors (Lipinski definition) is 6. The molecule has 1 aliphatic rings. The van der Waals surface area contributed by atoms with Gasteiger partial charge in [-0.25, -0.2) is 14.6 Å². The maximum absolute atomic E-state index is 12.2. The summed E-state index contributed by atoms with van der Waals surface area (Å²) in [4.78, 5) is 39.8. The second-order valence-electron chi connectivity index (χ2n) is 5.64. The number of nitrogens with one attached hydrogen (secondary N) is 1. The molecule has 0 unspecified atom stereocenters. The van der Waals surface area contributed by atoms with Gasteiger partial charge in [0.15, 0.2) is 5.17 Å². The standard InChI is InChI=1S/C20H16N2O5S/c1-2-27-19(26)12-7-9-14(10-8-12)21-20-22-17(23)16(28-20)11-13-5-3-4-6-15(13)18(24)25/h3-11H,2H2,1H3,(H,24,25)(H,21,22,23)/b16-11+. The Bertz CT molecular complexity index is 996. The summed E-state index contributed by atoms with van der Waals surface area (Å²) in [5, 5.41) is 12.3. The predicted molar refractivity (Wildman–Crippen MR) is 107 cm³/mol. The summed E-state index contributed by atoms with van der Waals surface area (Å²) >= 11 is 1.11. The number of amides is 1. The molecule has 28 heavy (non-hydrogen) atoms. The molecular formula is C20H16N2O5S. The van der Waals surface area contributed by atoms with Crippen LogP contribution >= 0.6 is 11.8 Å². The van der Waals surface area contributed by atoms with Crippen LogP contribution in [-0.2, 0) is 9.53 Å². The Kier molecular flexibility index (Phi) is 5.90. The number of benzene rings is 2. The van der Waals surface area contributed by atoms with Crippen LogP contribution in [0.5, 0.6) is 0 Å². The van der Waals surface area contributed by atoms with Crippen LogP contribution in [0.2, 0.25) is 0 Å². The van der Waals surface area contributed by atoms with E-state index in [1.807, 2.05) is 0 Å². The van der Waals surface area contributed by atoms with Gasteiger partial charge in [0.25, 0.3) is 5.91 Å². The van der Waals surface area contributed by atoms with Gasteiger partial charge in [0.2, 0.25) is 0 Å². The zero-order valence-corrected chi connectivity index (χ0v) is 15.7. The van der Waals surface area contributed by atoms with Crippen molar-refractivity contribution in [2.75, 3.05) is 6.61 Å². The molecule has 0 atom stereocenters. The fourth-order valence-electron chi connectivity index (χ4n) is 2.44. The highest BCUT2D eigenvalue weighted by molar-refractivity contribution is 8.18. The van der Waals surface area contributed by atoms with E-state index in [1.54, 1.807) is 49.4 Å². The molecule has 3 rings (SSSR count). The van der Waals surface area contributed by atoms with Gasteiger partial charge in [-0.1, -0.05) is 18.2 Å². The average molecular weight is 396 g/mol. The number of thioether (sulfide) groups is 1. The molecule has 0 spiro atoms. The summed E-state index contributed by atoms with van der Waals surface area (Å²) in [6.45, 7) is 2.03. The van der Waals surface area contributed by atoms with E-state index in [9.17, 15) is 19.5 Å². The molecule has 1 amide bonds. The van der Waals surface area contributed by atoms with Crippen molar-refractivity contribution in [1.82, 2.24) is 5.32 Å². The van der Waals surface area contributed by atoms with Gasteiger partial charge < -0.3 is 15.2 Å². The normalized spacial score (nSPS) is 16.2. The molecule has 1 saturated heterocycles. The highest BCUT2D eigenvalue weighted by atomic mass is 32.2. The summed E-state index contributed by atoms with van der Waals surface area (Å²) in [6, 6.07) is 12.9. The van der Waals surface area contributed by atoms with Crippen molar-refractivity contribution >= 4 is 46.5 Å². The average Bonchev–Trinajstić information content (AvgIpc) is 3.01. The Morgan fingerprint density at radius 2 is 1.89 bits per heavy atom. The number of carbonyl (C=O) groups excluding carboxylic acids is 2. The van der Waals surface area contributed by atoms with Crippen LogP contribution in [0.25, 0.3) is 6.08 Å². The minimum atomic E-state index is -1.06. The van der Waals surface area contributed by atoms with Crippen molar-refractivity contribution in [3.63, 3.8) is 0 Å². The lowest BCUT2D eigenvalue weighted by Gasteiger charge is -2.02. The van der Waals surface area contributed by atoms with Gasteiger partial charge in [-0.15, -0.1) is 0 Å². The van der Waals surface area contributed by atoms with Crippen LogP contribution in [-0.4, -0.2) is 34.7 Å². The third kappa shape index (κ3) is 4.47. The van der Waals surface area contributed by atoms with Gasteiger partial charge in [-0.2, -0.15) is 0 Å². The van der Waals surface area contributed by atoms with Crippen LogP contribution in [0.15, 0.2) is 58.4 Å². The molecule has 7 nitrogen and oxygen atoms in total. The van der Waals surface area contributed by atoms with Crippen molar-refractivity contribution in [3.8, 4) is 0 Å². The lowest BCUT2D eigenvalue weighted by Crippen LogP contribution is -2.19. The molecule has 0 saturated carbocycles. The van der Waals surface area contributed by atoms with Crippen LogP contribution in [0.4, 0.5) is 5.69 Å². The van der Waals surface area contributed by atoms with Gasteiger partial charge in [0, 0.05) is 0 Å². The van der Waals surface area contributed by atoms with Gasteiger partial charge in [0.05, 0.1) is 28.3 Å². The summed E-state index contributed by atoms with van der Waals surface area (Å²) in [7, 11) is 0. The summed E-state index contributed by atoms with van der Waals surface area (Å²) in [5.74, 6) is -1.83. The van der Waals surface area contributed by atoms with Crippen molar-refractivity contribution in [2.24, 2.45) is 4.99 Å². The topological polar surface area (TPSA) is 105 Å². The Labute approximate surface area is 165 Å². The van der Waals surface area contributed by atoms with Crippen LogP contribution < -0.4 is 5.32 Å². The number of esters is 1. The monoisotopic (exact) mass is 396 g/mol. The second-order valence-corrected chi connectivity index (χ2v) is 6.67. The molecule has 2 N–H and O–H groups in total. The maximum atomic E-state index is 12.2. The van der Waals surface area contributed by atoms with E-state index >= 15 is 0 Å². The number of aromatic carboxylic acids is 1. The van der Waals surface area contributed by atoms with E-state index in [4.69, 9.17) is 4.74 Å². The quantitative estimate of drug-likeness (QED) is 0.592. The van der Waals surface area contributed by atoms with Gasteiger partial charge >= 0.3 is 11.9 Å². The first kappa shape index (κ1) is 19.4. The Balaban J connectivity index is 1.79. The molecule has 1 fully saturated rings. The van der Waals surface area contributed by atoms with E-state index in [2.05, 4.69) is 10.3 Å². The molecule has 2 aromatic carbocycles. The number of hydrogen-bond donors (Lipinski definition) is 2. The molecule has 8 heteroatoms. The second kappa shape index (κ2) is 8.53. The molecule has 2 aromatic rings. The highest BCUT2D eigenvalue weighted by Crippen LogP contribution is 2.29. The third-order valence-electron chi connectivity index (χ3n) is 3.74. The largest absolute Gasteiger partial charge is 0.478 e. The number of nitrogens with zero attached hydrogens (tertiary/aromatic N) is 1. The summed E-state index contributed by atoms with van der Waals surface area (Å²) < 4.78 is 4.93. The first-order chi connectivity index (χ1) is 13.5. The number of carbonyl (C=O) groups is 3.